The van der Waals surface area contributed by atoms with Crippen LogP contribution in [-0.2, 0) is 4.74 Å². The summed E-state index contributed by atoms with van der Waals surface area (Å²) < 4.78 is 7.22. The molecule has 0 saturated carbocycles. The third kappa shape index (κ3) is 3.12. The average molecular weight is 359 g/mol. The number of benzene rings is 1. The molecule has 1 aromatic carbocycles. The second-order valence-corrected chi connectivity index (χ2v) is 6.92. The van der Waals surface area contributed by atoms with Gasteiger partial charge in [0.25, 0.3) is 0 Å². The van der Waals surface area contributed by atoms with Gasteiger partial charge in [0.1, 0.15) is 5.52 Å². The Labute approximate surface area is 150 Å². The zero-order valence-electron chi connectivity index (χ0n) is 13.9. The molecule has 7 nitrogen and oxygen atoms in total. The Kier molecular flexibility index (Phi) is 3.97. The maximum Gasteiger partial charge on any atom is 0.225 e. The first kappa shape index (κ1) is 16.1. The number of aromatic nitrogens is 4. The van der Waals surface area contributed by atoms with Crippen molar-refractivity contribution in [2.75, 3.05) is 24.3 Å². The van der Waals surface area contributed by atoms with Crippen LogP contribution in [0.25, 0.3) is 16.9 Å². The third-order valence-electron chi connectivity index (χ3n) is 4.50. The Morgan fingerprint density at radius 3 is 2.84 bits per heavy atom. The molecule has 0 bridgehead atoms. The Morgan fingerprint density at radius 1 is 1.28 bits per heavy atom. The first-order chi connectivity index (χ1) is 12.0. The highest BCUT2D eigenvalue weighted by Crippen LogP contribution is 2.27. The van der Waals surface area contributed by atoms with E-state index in [0.717, 1.165) is 31.7 Å². The molecule has 3 aromatic rings. The predicted octanol–water partition coefficient (Wildman–Crippen LogP) is 3.03. The average Bonchev–Trinajstić information content (AvgIpc) is 2.90. The molecule has 1 aliphatic rings. The van der Waals surface area contributed by atoms with Gasteiger partial charge in [-0.1, -0.05) is 17.7 Å². The lowest BCUT2D eigenvalue weighted by atomic mass is 9.93. The SMILES string of the molecule is CC1(Nc2ncc3nc(N)n(-c4cccc(Cl)c4)c3n2)CCOCC1. The summed E-state index contributed by atoms with van der Waals surface area (Å²) >= 11 is 6.11. The summed E-state index contributed by atoms with van der Waals surface area (Å²) in [5.41, 5.74) is 8.11. The Morgan fingerprint density at radius 2 is 2.08 bits per heavy atom. The van der Waals surface area contributed by atoms with Crippen molar-refractivity contribution in [1.29, 1.82) is 0 Å². The number of nitrogens with two attached hydrogens (primary N) is 1. The maximum absolute atomic E-state index is 6.11. The van der Waals surface area contributed by atoms with Crippen LogP contribution in [0.5, 0.6) is 0 Å². The molecule has 0 atom stereocenters. The summed E-state index contributed by atoms with van der Waals surface area (Å²) in [5, 5.41) is 4.06. The Balaban J connectivity index is 1.76. The van der Waals surface area contributed by atoms with Gasteiger partial charge in [-0.3, -0.25) is 4.57 Å². The van der Waals surface area contributed by atoms with Gasteiger partial charge in [-0.25, -0.2) is 9.97 Å². The van der Waals surface area contributed by atoms with Crippen molar-refractivity contribution in [3.05, 3.63) is 35.5 Å². The normalized spacial score (nSPS) is 16.9. The summed E-state index contributed by atoms with van der Waals surface area (Å²) in [7, 11) is 0. The molecule has 0 spiro atoms. The van der Waals surface area contributed by atoms with Gasteiger partial charge in [0.15, 0.2) is 5.65 Å². The molecule has 0 aliphatic carbocycles. The lowest BCUT2D eigenvalue weighted by Crippen LogP contribution is -2.41. The van der Waals surface area contributed by atoms with Crippen LogP contribution in [0.3, 0.4) is 0 Å². The number of nitrogens with zero attached hydrogens (tertiary/aromatic N) is 4. The predicted molar refractivity (Wildman–Crippen MR) is 98.2 cm³/mol. The first-order valence-corrected chi connectivity index (χ1v) is 8.55. The fourth-order valence-electron chi connectivity index (χ4n) is 3.04. The maximum atomic E-state index is 6.11. The van der Waals surface area contributed by atoms with Crippen LogP contribution in [0.4, 0.5) is 11.9 Å². The van der Waals surface area contributed by atoms with Crippen LogP contribution in [0, 0.1) is 0 Å². The number of rotatable bonds is 3. The van der Waals surface area contributed by atoms with E-state index in [4.69, 9.17) is 22.1 Å². The van der Waals surface area contributed by atoms with Crippen molar-refractivity contribution >= 4 is 34.7 Å². The smallest absolute Gasteiger partial charge is 0.225 e. The molecule has 1 fully saturated rings. The van der Waals surface area contributed by atoms with E-state index < -0.39 is 0 Å². The third-order valence-corrected chi connectivity index (χ3v) is 4.74. The minimum absolute atomic E-state index is 0.0849. The van der Waals surface area contributed by atoms with Crippen LogP contribution in [-0.4, -0.2) is 38.3 Å². The van der Waals surface area contributed by atoms with Gasteiger partial charge in [-0.2, -0.15) is 4.98 Å². The zero-order chi connectivity index (χ0) is 17.4. The second kappa shape index (κ2) is 6.16. The molecule has 25 heavy (non-hydrogen) atoms. The highest BCUT2D eigenvalue weighted by Gasteiger charge is 2.28. The molecule has 3 N–H and O–H groups in total. The summed E-state index contributed by atoms with van der Waals surface area (Å²) in [4.78, 5) is 13.4. The monoisotopic (exact) mass is 358 g/mol. The molecule has 4 rings (SSSR count). The molecule has 3 heterocycles. The summed E-state index contributed by atoms with van der Waals surface area (Å²) in [5.74, 6) is 0.904. The topological polar surface area (TPSA) is 90.9 Å². The van der Waals surface area contributed by atoms with E-state index in [9.17, 15) is 0 Å². The summed E-state index contributed by atoms with van der Waals surface area (Å²) in [6.07, 6.45) is 3.50. The lowest BCUT2D eigenvalue weighted by molar-refractivity contribution is 0.0656. The quantitative estimate of drug-likeness (QED) is 0.747. The van der Waals surface area contributed by atoms with Crippen molar-refractivity contribution in [3.8, 4) is 5.69 Å². The van der Waals surface area contributed by atoms with E-state index in [-0.39, 0.29) is 5.54 Å². The van der Waals surface area contributed by atoms with Gasteiger partial charge in [0.2, 0.25) is 11.9 Å². The van der Waals surface area contributed by atoms with Crippen molar-refractivity contribution < 1.29 is 4.74 Å². The van der Waals surface area contributed by atoms with Crippen LogP contribution in [0.15, 0.2) is 30.5 Å². The fourth-order valence-corrected chi connectivity index (χ4v) is 3.22. The number of hydrogen-bond donors (Lipinski definition) is 2. The van der Waals surface area contributed by atoms with Crippen LogP contribution in [0.2, 0.25) is 5.02 Å². The van der Waals surface area contributed by atoms with Crippen molar-refractivity contribution in [2.45, 2.75) is 25.3 Å². The van der Waals surface area contributed by atoms with E-state index in [1.807, 2.05) is 24.3 Å². The van der Waals surface area contributed by atoms with Crippen LogP contribution < -0.4 is 11.1 Å². The second-order valence-electron chi connectivity index (χ2n) is 6.49. The summed E-state index contributed by atoms with van der Waals surface area (Å²) in [6, 6.07) is 7.42. The number of hydrogen-bond acceptors (Lipinski definition) is 6. The number of fused-ring (bicyclic) bond motifs is 1. The number of nitrogens with one attached hydrogen (secondary N) is 1. The van der Waals surface area contributed by atoms with Crippen molar-refractivity contribution in [2.24, 2.45) is 0 Å². The van der Waals surface area contributed by atoms with Gasteiger partial charge in [-0.05, 0) is 38.0 Å². The lowest BCUT2D eigenvalue weighted by Gasteiger charge is -2.34. The molecule has 0 radical (unpaired) electrons. The van der Waals surface area contributed by atoms with Gasteiger partial charge in [-0.15, -0.1) is 0 Å². The highest BCUT2D eigenvalue weighted by molar-refractivity contribution is 6.30. The Bertz CT molecular complexity index is 919. The van der Waals surface area contributed by atoms with E-state index >= 15 is 0 Å². The molecule has 0 amide bonds. The number of anilines is 2. The van der Waals surface area contributed by atoms with E-state index in [1.165, 1.54) is 0 Å². The molecule has 8 heteroatoms. The molecular weight excluding hydrogens is 340 g/mol. The number of ether oxygens (including phenoxy) is 1. The van der Waals surface area contributed by atoms with Gasteiger partial charge in [0, 0.05) is 23.8 Å². The number of imidazole rings is 1. The minimum atomic E-state index is -0.0849. The fraction of sp³-hybridized carbons (Fsp3) is 0.353. The molecule has 2 aromatic heterocycles. The van der Waals surface area contributed by atoms with Gasteiger partial charge >= 0.3 is 0 Å². The Hall–Kier alpha value is -2.38. The molecule has 1 saturated heterocycles. The summed E-state index contributed by atoms with van der Waals surface area (Å²) in [6.45, 7) is 3.63. The largest absolute Gasteiger partial charge is 0.381 e. The molecular formula is C17H19ClN6O. The minimum Gasteiger partial charge on any atom is -0.381 e. The first-order valence-electron chi connectivity index (χ1n) is 8.17. The van der Waals surface area contributed by atoms with E-state index in [1.54, 1.807) is 10.8 Å². The molecule has 0 unspecified atom stereocenters. The van der Waals surface area contributed by atoms with Crippen LogP contribution >= 0.6 is 11.6 Å². The number of nitrogen functional groups attached to an aromatic ring is 1. The van der Waals surface area contributed by atoms with E-state index in [0.29, 0.717) is 28.1 Å². The number of halogens is 1. The highest BCUT2D eigenvalue weighted by atomic mass is 35.5. The van der Waals surface area contributed by atoms with Crippen molar-refractivity contribution in [1.82, 2.24) is 19.5 Å². The standard InChI is InChI=1S/C17H19ClN6O/c1-17(5-7-25-8-6-17)23-16-20-10-13-14(22-16)24(15(19)21-13)12-4-2-3-11(18)9-12/h2-4,9-10H,5-8H2,1H3,(H2,19,21)(H,20,22,23). The van der Waals surface area contributed by atoms with Gasteiger partial charge < -0.3 is 15.8 Å². The molecule has 130 valence electrons. The van der Waals surface area contributed by atoms with Crippen molar-refractivity contribution in [3.63, 3.8) is 0 Å². The van der Waals surface area contributed by atoms with Crippen LogP contribution in [0.1, 0.15) is 19.8 Å². The molecule has 1 aliphatic heterocycles. The van der Waals surface area contributed by atoms with E-state index in [2.05, 4.69) is 27.2 Å². The zero-order valence-corrected chi connectivity index (χ0v) is 14.6. The van der Waals surface area contributed by atoms with Gasteiger partial charge in [0.05, 0.1) is 11.9 Å².